The third-order valence-electron chi connectivity index (χ3n) is 1.82. The van der Waals surface area contributed by atoms with Crippen molar-refractivity contribution in [3.63, 3.8) is 0 Å². The number of carbonyl (C=O) groups is 1. The van der Waals surface area contributed by atoms with Gasteiger partial charge in [-0.05, 0) is 0 Å². The molecule has 0 radical (unpaired) electrons. The van der Waals surface area contributed by atoms with Gasteiger partial charge in [-0.15, -0.1) is 0 Å². The molecule has 0 aromatic carbocycles. The molecule has 1 saturated heterocycles. The fraction of sp³-hybridized carbons (Fsp3) is 0.833. The molecule has 0 aromatic heterocycles. The summed E-state index contributed by atoms with van der Waals surface area (Å²) in [7, 11) is 0. The second kappa shape index (κ2) is 3.36. The molecule has 6 heteroatoms. The van der Waals surface area contributed by atoms with Crippen molar-refractivity contribution >= 4 is 5.91 Å². The Hall–Kier alpha value is -0.690. The maximum atomic E-state index is 10.8. The summed E-state index contributed by atoms with van der Waals surface area (Å²) < 4.78 is 0. The van der Waals surface area contributed by atoms with Crippen molar-refractivity contribution in [3.8, 4) is 0 Å². The Kier molecular flexibility index (Phi) is 2.63. The van der Waals surface area contributed by atoms with E-state index in [0.717, 1.165) is 0 Å². The number of aliphatic hydroxyl groups is 4. The van der Waals surface area contributed by atoms with Crippen LogP contribution in [0.5, 0.6) is 0 Å². The molecule has 1 fully saturated rings. The highest BCUT2D eigenvalue weighted by atomic mass is 16.4. The molecule has 1 amide bonds. The SMILES string of the molecule is O=C1NC[C@@H](O)[C@@H](O)[C@H](O)[C@@H]1O. The van der Waals surface area contributed by atoms with E-state index >= 15 is 0 Å². The smallest absolute Gasteiger partial charge is 0.251 e. The zero-order valence-electron chi connectivity index (χ0n) is 6.21. The van der Waals surface area contributed by atoms with E-state index in [1.54, 1.807) is 0 Å². The van der Waals surface area contributed by atoms with E-state index in [4.69, 9.17) is 20.4 Å². The van der Waals surface area contributed by atoms with Crippen LogP contribution in [0.2, 0.25) is 0 Å². The molecule has 4 atom stereocenters. The highest BCUT2D eigenvalue weighted by Gasteiger charge is 2.37. The lowest BCUT2D eigenvalue weighted by atomic mass is 10.1. The maximum Gasteiger partial charge on any atom is 0.251 e. The van der Waals surface area contributed by atoms with Crippen LogP contribution in [-0.4, -0.2) is 57.3 Å². The number of amides is 1. The molecule has 1 rings (SSSR count). The Morgan fingerprint density at radius 2 is 1.75 bits per heavy atom. The van der Waals surface area contributed by atoms with Gasteiger partial charge < -0.3 is 25.7 Å². The van der Waals surface area contributed by atoms with E-state index in [0.29, 0.717) is 0 Å². The minimum Gasteiger partial charge on any atom is -0.388 e. The second-order valence-corrected chi connectivity index (χ2v) is 2.74. The number of hydrogen-bond acceptors (Lipinski definition) is 5. The number of β-amino-alcohol motifs (C(OH)–C–C–N with tert-alkyl or cyclic N) is 1. The standard InChI is InChI=1S/C6H11NO5/c8-2-1-7-6(12)5(11)4(10)3(2)9/h2-5,8-11H,1H2,(H,7,12)/t2-,3-,4+,5+/m1/s1. The van der Waals surface area contributed by atoms with E-state index in [1.807, 2.05) is 0 Å². The number of rotatable bonds is 0. The summed E-state index contributed by atoms with van der Waals surface area (Å²) in [6.45, 7) is -0.172. The fourth-order valence-corrected chi connectivity index (χ4v) is 1.000. The van der Waals surface area contributed by atoms with E-state index in [9.17, 15) is 4.79 Å². The van der Waals surface area contributed by atoms with Crippen molar-refractivity contribution < 1.29 is 25.2 Å². The van der Waals surface area contributed by atoms with E-state index in [-0.39, 0.29) is 6.54 Å². The first-order chi connectivity index (χ1) is 5.54. The van der Waals surface area contributed by atoms with Crippen LogP contribution in [0, 0.1) is 0 Å². The molecule has 70 valence electrons. The average molecular weight is 177 g/mol. The molecule has 0 unspecified atom stereocenters. The quantitative estimate of drug-likeness (QED) is 0.264. The third-order valence-corrected chi connectivity index (χ3v) is 1.82. The van der Waals surface area contributed by atoms with Crippen LogP contribution in [0.1, 0.15) is 0 Å². The molecule has 0 aromatic rings. The summed E-state index contributed by atoms with van der Waals surface area (Å²) in [5.41, 5.74) is 0. The monoisotopic (exact) mass is 177 g/mol. The number of hydrogen-bond donors (Lipinski definition) is 5. The van der Waals surface area contributed by atoms with Gasteiger partial charge in [-0.1, -0.05) is 0 Å². The largest absolute Gasteiger partial charge is 0.388 e. The fourth-order valence-electron chi connectivity index (χ4n) is 1.000. The number of nitrogens with one attached hydrogen (secondary N) is 1. The molecule has 1 aliphatic heterocycles. The summed E-state index contributed by atoms with van der Waals surface area (Å²) in [4.78, 5) is 10.8. The molecule has 1 aliphatic rings. The highest BCUT2D eigenvalue weighted by Crippen LogP contribution is 2.08. The average Bonchev–Trinajstić information content (AvgIpc) is 2.14. The van der Waals surface area contributed by atoms with Crippen molar-refractivity contribution in [3.05, 3.63) is 0 Å². The van der Waals surface area contributed by atoms with Crippen molar-refractivity contribution in [2.45, 2.75) is 24.4 Å². The Balaban J connectivity index is 2.75. The minimum atomic E-state index is -1.68. The summed E-state index contributed by atoms with van der Waals surface area (Å²) in [5.74, 6) is -0.793. The Bertz CT molecular complexity index is 185. The lowest BCUT2D eigenvalue weighted by molar-refractivity contribution is -0.139. The summed E-state index contributed by atoms with van der Waals surface area (Å²) in [6.07, 6.45) is -6.07. The summed E-state index contributed by atoms with van der Waals surface area (Å²) in [6, 6.07) is 0. The normalized spacial score (nSPS) is 43.5. The molecule has 0 saturated carbocycles. The first-order valence-corrected chi connectivity index (χ1v) is 3.54. The molecule has 1 heterocycles. The van der Waals surface area contributed by atoms with Gasteiger partial charge in [0, 0.05) is 6.54 Å². The topological polar surface area (TPSA) is 110 Å². The van der Waals surface area contributed by atoms with E-state index in [2.05, 4.69) is 5.32 Å². The molecule has 0 aliphatic carbocycles. The second-order valence-electron chi connectivity index (χ2n) is 2.74. The summed E-state index contributed by atoms with van der Waals surface area (Å²) >= 11 is 0. The first-order valence-electron chi connectivity index (χ1n) is 3.54. The van der Waals surface area contributed by atoms with Gasteiger partial charge in [-0.2, -0.15) is 0 Å². The van der Waals surface area contributed by atoms with Gasteiger partial charge in [0.15, 0.2) is 6.10 Å². The van der Waals surface area contributed by atoms with E-state index in [1.165, 1.54) is 0 Å². The minimum absolute atomic E-state index is 0.172. The van der Waals surface area contributed by atoms with Gasteiger partial charge >= 0.3 is 0 Å². The van der Waals surface area contributed by atoms with E-state index < -0.39 is 30.3 Å². The predicted octanol–water partition coefficient (Wildman–Crippen LogP) is -3.44. The maximum absolute atomic E-state index is 10.8. The van der Waals surface area contributed by atoms with Crippen LogP contribution >= 0.6 is 0 Å². The predicted molar refractivity (Wildman–Crippen MR) is 37.0 cm³/mol. The lowest BCUT2D eigenvalue weighted by Gasteiger charge is -2.19. The molecule has 0 spiro atoms. The van der Waals surface area contributed by atoms with Crippen molar-refractivity contribution in [1.29, 1.82) is 0 Å². The van der Waals surface area contributed by atoms with Crippen LogP contribution in [0.3, 0.4) is 0 Å². The van der Waals surface area contributed by atoms with Crippen LogP contribution in [-0.2, 0) is 4.79 Å². The van der Waals surface area contributed by atoms with Crippen molar-refractivity contribution in [1.82, 2.24) is 5.32 Å². The van der Waals surface area contributed by atoms with Gasteiger partial charge in [0.05, 0.1) is 6.10 Å². The van der Waals surface area contributed by atoms with Crippen LogP contribution in [0.4, 0.5) is 0 Å². The van der Waals surface area contributed by atoms with Crippen LogP contribution in [0.15, 0.2) is 0 Å². The van der Waals surface area contributed by atoms with Crippen LogP contribution < -0.4 is 5.32 Å². The lowest BCUT2D eigenvalue weighted by Crippen LogP contribution is -2.45. The van der Waals surface area contributed by atoms with Gasteiger partial charge in [0.1, 0.15) is 12.2 Å². The van der Waals surface area contributed by atoms with Crippen molar-refractivity contribution in [2.75, 3.05) is 6.54 Å². The highest BCUT2D eigenvalue weighted by molar-refractivity contribution is 5.81. The Morgan fingerprint density at radius 3 is 2.33 bits per heavy atom. The molecule has 12 heavy (non-hydrogen) atoms. The molecular weight excluding hydrogens is 166 g/mol. The molecule has 5 N–H and O–H groups in total. The number of aliphatic hydroxyl groups excluding tert-OH is 4. The summed E-state index contributed by atoms with van der Waals surface area (Å²) in [5, 5.41) is 38.3. The Labute approximate surface area is 68.4 Å². The van der Waals surface area contributed by atoms with Crippen molar-refractivity contribution in [2.24, 2.45) is 0 Å². The molecule has 0 bridgehead atoms. The zero-order chi connectivity index (χ0) is 9.30. The van der Waals surface area contributed by atoms with Gasteiger partial charge in [0.25, 0.3) is 5.91 Å². The number of carbonyl (C=O) groups excluding carboxylic acids is 1. The van der Waals surface area contributed by atoms with Gasteiger partial charge in [-0.25, -0.2) is 0 Å². The van der Waals surface area contributed by atoms with Gasteiger partial charge in [-0.3, -0.25) is 4.79 Å². The Morgan fingerprint density at radius 1 is 1.17 bits per heavy atom. The molecule has 6 nitrogen and oxygen atoms in total. The zero-order valence-corrected chi connectivity index (χ0v) is 6.21. The first kappa shape index (κ1) is 9.40. The molecular formula is C6H11NO5. The van der Waals surface area contributed by atoms with Gasteiger partial charge in [0.2, 0.25) is 0 Å². The van der Waals surface area contributed by atoms with Crippen LogP contribution in [0.25, 0.3) is 0 Å². The third kappa shape index (κ3) is 1.56.